The van der Waals surface area contributed by atoms with E-state index in [0.717, 1.165) is 0 Å². The van der Waals surface area contributed by atoms with Gasteiger partial charge in [0.1, 0.15) is 18.2 Å². The third kappa shape index (κ3) is 4.83. The van der Waals surface area contributed by atoms with Gasteiger partial charge in [0.25, 0.3) is 0 Å². The first-order valence-electron chi connectivity index (χ1n) is 6.01. The molecule has 0 unspecified atom stereocenters. The van der Waals surface area contributed by atoms with E-state index >= 15 is 0 Å². The Morgan fingerprint density at radius 2 is 2.00 bits per heavy atom. The van der Waals surface area contributed by atoms with Crippen LogP contribution in [0.3, 0.4) is 0 Å². The van der Waals surface area contributed by atoms with Gasteiger partial charge in [-0.3, -0.25) is 0 Å². The standard InChI is InChI=1S/C12H10ClFN2O.C2H6/c1-8-15-5-4-12(16-8)17-7-9-2-3-10(13)6-11(9)14;1-2/h2-6H,7H2,1H3;1-2H3. The van der Waals surface area contributed by atoms with Crippen molar-refractivity contribution in [1.29, 1.82) is 0 Å². The summed E-state index contributed by atoms with van der Waals surface area (Å²) in [5.74, 6) is 0.647. The Hall–Kier alpha value is -1.68. The summed E-state index contributed by atoms with van der Waals surface area (Å²) in [5.41, 5.74) is 0.436. The van der Waals surface area contributed by atoms with Crippen molar-refractivity contribution in [2.24, 2.45) is 0 Å². The normalized spacial score (nSPS) is 9.53. The number of hydrogen-bond donors (Lipinski definition) is 0. The summed E-state index contributed by atoms with van der Waals surface area (Å²) in [6.07, 6.45) is 1.59. The number of aryl methyl sites for hydroxylation is 1. The number of benzene rings is 1. The number of halogens is 2. The molecule has 2 aromatic rings. The molecule has 1 aromatic carbocycles. The largest absolute Gasteiger partial charge is 0.473 e. The zero-order valence-electron chi connectivity index (χ0n) is 11.2. The van der Waals surface area contributed by atoms with Gasteiger partial charge >= 0.3 is 0 Å². The second-order valence-corrected chi connectivity index (χ2v) is 3.90. The van der Waals surface area contributed by atoms with Crippen molar-refractivity contribution >= 4 is 11.6 Å². The number of nitrogens with zero attached hydrogens (tertiary/aromatic N) is 2. The van der Waals surface area contributed by atoms with E-state index in [2.05, 4.69) is 9.97 Å². The summed E-state index contributed by atoms with van der Waals surface area (Å²) in [5, 5.41) is 0.365. The van der Waals surface area contributed by atoms with Gasteiger partial charge in [0.05, 0.1) is 0 Å². The van der Waals surface area contributed by atoms with E-state index in [1.807, 2.05) is 13.8 Å². The molecule has 0 spiro atoms. The third-order valence-electron chi connectivity index (χ3n) is 2.14. The van der Waals surface area contributed by atoms with Crippen LogP contribution in [0.2, 0.25) is 5.02 Å². The van der Waals surface area contributed by atoms with E-state index in [-0.39, 0.29) is 12.4 Å². The van der Waals surface area contributed by atoms with Gasteiger partial charge < -0.3 is 4.74 Å². The molecule has 0 atom stereocenters. The highest BCUT2D eigenvalue weighted by Gasteiger charge is 2.04. The lowest BCUT2D eigenvalue weighted by atomic mass is 10.2. The molecule has 1 heterocycles. The maximum atomic E-state index is 13.4. The summed E-state index contributed by atoms with van der Waals surface area (Å²) in [6.45, 7) is 5.87. The van der Waals surface area contributed by atoms with E-state index in [4.69, 9.17) is 16.3 Å². The molecule has 1 aromatic heterocycles. The maximum Gasteiger partial charge on any atom is 0.216 e. The van der Waals surface area contributed by atoms with E-state index < -0.39 is 0 Å². The molecule has 19 heavy (non-hydrogen) atoms. The summed E-state index contributed by atoms with van der Waals surface area (Å²) >= 11 is 5.65. The molecule has 2 rings (SSSR count). The molecule has 0 saturated carbocycles. The van der Waals surface area contributed by atoms with E-state index in [9.17, 15) is 4.39 Å². The van der Waals surface area contributed by atoms with Crippen LogP contribution in [0.5, 0.6) is 5.88 Å². The average Bonchev–Trinajstić information content (AvgIpc) is 2.40. The van der Waals surface area contributed by atoms with Crippen LogP contribution in [-0.4, -0.2) is 9.97 Å². The molecular weight excluding hydrogens is 267 g/mol. The van der Waals surface area contributed by atoms with E-state index in [1.165, 1.54) is 6.07 Å². The van der Waals surface area contributed by atoms with E-state index in [0.29, 0.717) is 22.3 Å². The van der Waals surface area contributed by atoms with Crippen LogP contribution in [0.1, 0.15) is 25.2 Å². The lowest BCUT2D eigenvalue weighted by Gasteiger charge is -2.06. The molecule has 0 aliphatic heterocycles. The predicted octanol–water partition coefficient (Wildman–Crippen LogP) is 4.18. The highest BCUT2D eigenvalue weighted by Crippen LogP contribution is 2.16. The second kappa shape index (κ2) is 7.69. The van der Waals surface area contributed by atoms with Gasteiger partial charge in [-0.05, 0) is 19.1 Å². The van der Waals surface area contributed by atoms with Crippen molar-refractivity contribution in [1.82, 2.24) is 9.97 Å². The highest BCUT2D eigenvalue weighted by atomic mass is 35.5. The Morgan fingerprint density at radius 3 is 2.63 bits per heavy atom. The molecule has 0 fully saturated rings. The number of hydrogen-bond acceptors (Lipinski definition) is 3. The summed E-state index contributed by atoms with van der Waals surface area (Å²) in [7, 11) is 0. The van der Waals surface area contributed by atoms with Crippen molar-refractivity contribution in [3.05, 3.63) is 52.7 Å². The van der Waals surface area contributed by atoms with Crippen LogP contribution in [0.4, 0.5) is 4.39 Å². The Bertz CT molecular complexity index is 535. The lowest BCUT2D eigenvalue weighted by molar-refractivity contribution is 0.287. The molecule has 5 heteroatoms. The van der Waals surface area contributed by atoms with Gasteiger partial charge in [0.2, 0.25) is 5.88 Å². The molecule has 102 valence electrons. The monoisotopic (exact) mass is 282 g/mol. The van der Waals surface area contributed by atoms with Gasteiger partial charge in [-0.2, -0.15) is 4.98 Å². The summed E-state index contributed by atoms with van der Waals surface area (Å²) < 4.78 is 18.8. The SMILES string of the molecule is CC.Cc1nccc(OCc2ccc(Cl)cc2F)n1. The topological polar surface area (TPSA) is 35.0 Å². The van der Waals surface area contributed by atoms with Crippen LogP contribution in [0.15, 0.2) is 30.5 Å². The highest BCUT2D eigenvalue weighted by molar-refractivity contribution is 6.30. The number of ether oxygens (including phenoxy) is 1. The van der Waals surface area contributed by atoms with Gasteiger partial charge in [-0.15, -0.1) is 0 Å². The van der Waals surface area contributed by atoms with Crippen molar-refractivity contribution in [3.63, 3.8) is 0 Å². The first-order chi connectivity index (χ1) is 9.15. The molecule has 0 bridgehead atoms. The Balaban J connectivity index is 0.000000861. The molecule has 0 aliphatic carbocycles. The molecule has 0 aliphatic rings. The minimum absolute atomic E-state index is 0.111. The summed E-state index contributed by atoms with van der Waals surface area (Å²) in [6, 6.07) is 6.09. The predicted molar refractivity (Wildman–Crippen MR) is 73.9 cm³/mol. The summed E-state index contributed by atoms with van der Waals surface area (Å²) in [4.78, 5) is 7.99. The Morgan fingerprint density at radius 1 is 1.26 bits per heavy atom. The van der Waals surface area contributed by atoms with Crippen LogP contribution in [-0.2, 0) is 6.61 Å². The maximum absolute atomic E-state index is 13.4. The minimum atomic E-state index is -0.386. The first kappa shape index (κ1) is 15.4. The minimum Gasteiger partial charge on any atom is -0.473 e. The van der Waals surface area contributed by atoms with Crippen molar-refractivity contribution < 1.29 is 9.13 Å². The van der Waals surface area contributed by atoms with Crippen molar-refractivity contribution in [2.75, 3.05) is 0 Å². The molecule has 0 amide bonds. The van der Waals surface area contributed by atoms with Crippen LogP contribution >= 0.6 is 11.6 Å². The molecule has 0 radical (unpaired) electrons. The molecule has 0 saturated heterocycles. The first-order valence-corrected chi connectivity index (χ1v) is 6.39. The van der Waals surface area contributed by atoms with Crippen molar-refractivity contribution in [3.8, 4) is 5.88 Å². The Kier molecular flexibility index (Phi) is 6.22. The third-order valence-corrected chi connectivity index (χ3v) is 2.38. The quantitative estimate of drug-likeness (QED) is 0.847. The fourth-order valence-electron chi connectivity index (χ4n) is 1.31. The van der Waals surface area contributed by atoms with Gasteiger partial charge in [0, 0.05) is 22.8 Å². The smallest absolute Gasteiger partial charge is 0.216 e. The molecular formula is C14H16ClFN2O. The zero-order valence-corrected chi connectivity index (χ0v) is 11.9. The number of rotatable bonds is 3. The van der Waals surface area contributed by atoms with Gasteiger partial charge in [-0.1, -0.05) is 31.5 Å². The fraction of sp³-hybridized carbons (Fsp3) is 0.286. The molecule has 3 nitrogen and oxygen atoms in total. The van der Waals surface area contributed by atoms with Gasteiger partial charge in [-0.25, -0.2) is 9.37 Å². The van der Waals surface area contributed by atoms with Gasteiger partial charge in [0.15, 0.2) is 0 Å². The van der Waals surface area contributed by atoms with Crippen molar-refractivity contribution in [2.45, 2.75) is 27.4 Å². The zero-order chi connectivity index (χ0) is 14.3. The average molecular weight is 283 g/mol. The van der Waals surface area contributed by atoms with Crippen LogP contribution in [0, 0.1) is 12.7 Å². The Labute approximate surface area is 117 Å². The van der Waals surface area contributed by atoms with E-state index in [1.54, 1.807) is 31.3 Å². The fourth-order valence-corrected chi connectivity index (χ4v) is 1.46. The van der Waals surface area contributed by atoms with Crippen LogP contribution in [0.25, 0.3) is 0 Å². The lowest BCUT2D eigenvalue weighted by Crippen LogP contribution is -2.00. The molecule has 0 N–H and O–H groups in total. The second-order valence-electron chi connectivity index (χ2n) is 3.47. The van der Waals surface area contributed by atoms with Crippen LogP contribution < -0.4 is 4.74 Å². The number of aromatic nitrogens is 2.